The summed E-state index contributed by atoms with van der Waals surface area (Å²) in [4.78, 5) is 26.4. The van der Waals surface area contributed by atoms with Gasteiger partial charge in [0.1, 0.15) is 24.4 Å². The first-order chi connectivity index (χ1) is 36.2. The van der Waals surface area contributed by atoms with E-state index >= 15 is 0 Å². The Morgan fingerprint density at radius 3 is 1.46 bits per heavy atom. The van der Waals surface area contributed by atoms with Gasteiger partial charge in [0.2, 0.25) is 5.91 Å². The SMILES string of the molecule is CC/C=C\C/C=C\C/C=C\C/C=C\C/C=C\C/C=C\CCCC(O)C(=O)NC(COC1OC(CO)C(O)C(O)C1OC(=O)CCCCCC/C=C/C/C=C/C/C=C/CC)C(O)/C=C/CCCCCCCCCCC. The van der Waals surface area contributed by atoms with Gasteiger partial charge >= 0.3 is 5.97 Å². The van der Waals surface area contributed by atoms with Crippen LogP contribution in [0.15, 0.2) is 122 Å². The van der Waals surface area contributed by atoms with Crippen molar-refractivity contribution < 1.29 is 49.3 Å². The van der Waals surface area contributed by atoms with Crippen LogP contribution in [0.3, 0.4) is 0 Å². The highest BCUT2D eigenvalue weighted by atomic mass is 16.7. The minimum atomic E-state index is -1.64. The van der Waals surface area contributed by atoms with Gasteiger partial charge in [-0.25, -0.2) is 0 Å². The molecule has 74 heavy (non-hydrogen) atoms. The highest BCUT2D eigenvalue weighted by molar-refractivity contribution is 5.80. The number of esters is 1. The Kier molecular flexibility index (Phi) is 45.9. The number of ether oxygens (including phenoxy) is 3. The van der Waals surface area contributed by atoms with Crippen LogP contribution in [0.25, 0.3) is 0 Å². The summed E-state index contributed by atoms with van der Waals surface area (Å²) in [5.74, 6) is -1.28. The van der Waals surface area contributed by atoms with Crippen LogP contribution in [0.4, 0.5) is 0 Å². The molecule has 0 aromatic rings. The first-order valence-corrected chi connectivity index (χ1v) is 28.8. The van der Waals surface area contributed by atoms with Gasteiger partial charge in [0.05, 0.1) is 25.4 Å². The Morgan fingerprint density at radius 1 is 0.541 bits per heavy atom. The van der Waals surface area contributed by atoms with Crippen LogP contribution in [-0.2, 0) is 23.8 Å². The summed E-state index contributed by atoms with van der Waals surface area (Å²) >= 11 is 0. The fourth-order valence-corrected chi connectivity index (χ4v) is 8.08. The Balaban J connectivity index is 2.77. The highest BCUT2D eigenvalue weighted by Crippen LogP contribution is 2.26. The summed E-state index contributed by atoms with van der Waals surface area (Å²) in [6, 6.07) is -1.06. The van der Waals surface area contributed by atoms with Crippen molar-refractivity contribution in [1.82, 2.24) is 5.32 Å². The molecule has 1 heterocycles. The highest BCUT2D eigenvalue weighted by Gasteiger charge is 2.47. The maximum absolute atomic E-state index is 13.4. The van der Waals surface area contributed by atoms with E-state index in [2.05, 4.69) is 129 Å². The lowest BCUT2D eigenvalue weighted by Crippen LogP contribution is -2.61. The molecule has 1 fully saturated rings. The van der Waals surface area contributed by atoms with E-state index in [1.807, 2.05) is 12.2 Å². The fraction of sp³-hybridized carbons (Fsp3) is 0.651. The number of carbonyl (C=O) groups excluding carboxylic acids is 2. The molecule has 0 saturated carbocycles. The van der Waals surface area contributed by atoms with Gasteiger partial charge in [-0.1, -0.05) is 206 Å². The molecule has 420 valence electrons. The van der Waals surface area contributed by atoms with Gasteiger partial charge < -0.3 is 45.1 Å². The summed E-state index contributed by atoms with van der Waals surface area (Å²) in [7, 11) is 0. The van der Waals surface area contributed by atoms with Crippen molar-refractivity contribution in [3.8, 4) is 0 Å². The standard InChI is InChI=1S/C63H103NO10/c1-4-7-10-13-16-19-22-24-26-27-28-29-30-31-32-35-38-41-44-47-50-56(67)62(71)64-54(55(66)49-46-43-40-37-34-21-18-15-12-9-6-3)53-72-63-61(60(70)59(69)57(52-65)73-63)74-58(68)51-48-45-42-39-36-33-25-23-20-17-14-11-8-5-2/h7-8,10-11,16-17,19-20,24-26,28-29,31-33,38,41,46,49,54-57,59-61,63,65-67,69-70H,4-6,9,12-15,18,21-23,27,30,34-37,39-40,42-45,47-48,50-53H2,1-3H3,(H,64,71)/b10-7-,11-8+,19-16-,20-17+,26-24-,29-28-,32-31-,33-25+,41-38-,49-46+. The van der Waals surface area contributed by atoms with Gasteiger partial charge in [0.15, 0.2) is 12.4 Å². The minimum Gasteiger partial charge on any atom is -0.454 e. The number of unbranched alkanes of at least 4 members (excludes halogenated alkanes) is 14. The lowest BCUT2D eigenvalue weighted by atomic mass is 9.99. The first kappa shape index (κ1) is 68.1. The molecular weight excluding hydrogens is 931 g/mol. The van der Waals surface area contributed by atoms with Crippen molar-refractivity contribution in [2.24, 2.45) is 0 Å². The molecule has 6 N–H and O–H groups in total. The lowest BCUT2D eigenvalue weighted by molar-refractivity contribution is -0.305. The smallest absolute Gasteiger partial charge is 0.306 e. The summed E-state index contributed by atoms with van der Waals surface area (Å²) in [6.07, 6.45) is 58.2. The zero-order valence-corrected chi connectivity index (χ0v) is 46.2. The van der Waals surface area contributed by atoms with Crippen molar-refractivity contribution in [1.29, 1.82) is 0 Å². The quantitative estimate of drug-likeness (QED) is 0.0196. The molecule has 8 unspecified atom stereocenters. The van der Waals surface area contributed by atoms with Crippen LogP contribution in [-0.4, -0.2) is 99.6 Å². The Labute approximate surface area is 449 Å². The van der Waals surface area contributed by atoms with Crippen LogP contribution in [0.5, 0.6) is 0 Å². The molecule has 11 heteroatoms. The third-order valence-electron chi connectivity index (χ3n) is 12.6. The van der Waals surface area contributed by atoms with Gasteiger partial charge in [0, 0.05) is 6.42 Å². The van der Waals surface area contributed by atoms with Crippen molar-refractivity contribution in [3.63, 3.8) is 0 Å². The molecule has 1 saturated heterocycles. The second-order valence-corrected chi connectivity index (χ2v) is 19.3. The van der Waals surface area contributed by atoms with Gasteiger partial charge in [-0.05, 0) is 109 Å². The van der Waals surface area contributed by atoms with E-state index in [9.17, 15) is 35.1 Å². The zero-order valence-electron chi connectivity index (χ0n) is 46.2. The van der Waals surface area contributed by atoms with E-state index in [0.29, 0.717) is 19.3 Å². The van der Waals surface area contributed by atoms with E-state index in [-0.39, 0.29) is 19.4 Å². The zero-order chi connectivity index (χ0) is 54.0. The predicted molar refractivity (Wildman–Crippen MR) is 305 cm³/mol. The number of allylic oxidation sites excluding steroid dienone is 19. The number of nitrogens with one attached hydrogen (secondary N) is 1. The van der Waals surface area contributed by atoms with Crippen LogP contribution in [0.1, 0.15) is 201 Å². The Morgan fingerprint density at radius 2 is 0.973 bits per heavy atom. The molecule has 0 radical (unpaired) electrons. The van der Waals surface area contributed by atoms with Gasteiger partial charge in [-0.15, -0.1) is 0 Å². The maximum Gasteiger partial charge on any atom is 0.306 e. The van der Waals surface area contributed by atoms with Crippen LogP contribution < -0.4 is 5.32 Å². The number of amides is 1. The van der Waals surface area contributed by atoms with Crippen LogP contribution in [0.2, 0.25) is 0 Å². The number of rotatable bonds is 46. The number of aliphatic hydroxyl groups excluding tert-OH is 5. The van der Waals surface area contributed by atoms with Crippen LogP contribution >= 0.6 is 0 Å². The molecular formula is C63H103NO10. The van der Waals surface area contributed by atoms with E-state index in [1.54, 1.807) is 6.08 Å². The third kappa shape index (κ3) is 37.7. The molecule has 8 atom stereocenters. The average molecular weight is 1030 g/mol. The van der Waals surface area contributed by atoms with E-state index < -0.39 is 67.4 Å². The summed E-state index contributed by atoms with van der Waals surface area (Å²) in [6.45, 7) is 5.48. The number of aliphatic hydroxyl groups is 5. The Hall–Kier alpha value is -3.94. The van der Waals surface area contributed by atoms with Gasteiger partial charge in [0.25, 0.3) is 0 Å². The Bertz CT molecular complexity index is 1660. The molecule has 0 aliphatic carbocycles. The maximum atomic E-state index is 13.4. The largest absolute Gasteiger partial charge is 0.454 e. The number of hydrogen-bond donors (Lipinski definition) is 6. The summed E-state index contributed by atoms with van der Waals surface area (Å²) in [5, 5.41) is 56.7. The first-order valence-electron chi connectivity index (χ1n) is 28.8. The molecule has 0 spiro atoms. The third-order valence-corrected chi connectivity index (χ3v) is 12.6. The van der Waals surface area contributed by atoms with E-state index in [1.165, 1.54) is 38.5 Å². The summed E-state index contributed by atoms with van der Waals surface area (Å²) < 4.78 is 17.5. The van der Waals surface area contributed by atoms with Crippen LogP contribution in [0, 0.1) is 0 Å². The lowest BCUT2D eigenvalue weighted by Gasteiger charge is -2.41. The van der Waals surface area contributed by atoms with Crippen molar-refractivity contribution in [2.75, 3.05) is 13.2 Å². The number of carbonyl (C=O) groups is 2. The van der Waals surface area contributed by atoms with Crippen molar-refractivity contribution >= 4 is 11.9 Å². The fourth-order valence-electron chi connectivity index (χ4n) is 8.08. The van der Waals surface area contributed by atoms with Gasteiger partial charge in [-0.3, -0.25) is 9.59 Å². The summed E-state index contributed by atoms with van der Waals surface area (Å²) in [5.41, 5.74) is 0. The van der Waals surface area contributed by atoms with Crippen molar-refractivity contribution in [2.45, 2.75) is 250 Å². The molecule has 11 nitrogen and oxygen atoms in total. The predicted octanol–water partition coefficient (Wildman–Crippen LogP) is 13.1. The molecule has 0 aromatic heterocycles. The molecule has 0 aromatic carbocycles. The monoisotopic (exact) mass is 1030 g/mol. The minimum absolute atomic E-state index is 0.0850. The molecule has 1 aliphatic rings. The van der Waals surface area contributed by atoms with Gasteiger partial charge in [-0.2, -0.15) is 0 Å². The second-order valence-electron chi connectivity index (χ2n) is 19.3. The average Bonchev–Trinajstić information content (AvgIpc) is 3.40. The molecule has 1 amide bonds. The molecule has 0 bridgehead atoms. The second kappa shape index (κ2) is 49.9. The van der Waals surface area contributed by atoms with E-state index in [0.717, 1.165) is 109 Å². The van der Waals surface area contributed by atoms with E-state index in [4.69, 9.17) is 14.2 Å². The topological polar surface area (TPSA) is 175 Å². The molecule has 1 aliphatic heterocycles. The normalized spacial score (nSPS) is 20.2. The van der Waals surface area contributed by atoms with Crippen molar-refractivity contribution in [3.05, 3.63) is 122 Å². The number of hydrogen-bond acceptors (Lipinski definition) is 10. The molecule has 1 rings (SSSR count).